The summed E-state index contributed by atoms with van der Waals surface area (Å²) < 4.78 is 5.96. The molecule has 124 valence electrons. The average molecular weight is 313 g/mol. The van der Waals surface area contributed by atoms with Crippen molar-refractivity contribution in [2.24, 2.45) is 11.7 Å². The Morgan fingerprint density at radius 1 is 1.17 bits per heavy atom. The van der Waals surface area contributed by atoms with Crippen LogP contribution in [0.4, 0.5) is 0 Å². The maximum absolute atomic E-state index is 6.31. The van der Waals surface area contributed by atoms with Crippen molar-refractivity contribution in [1.82, 2.24) is 9.97 Å². The number of hydrogen-bond acceptors (Lipinski definition) is 4. The van der Waals surface area contributed by atoms with E-state index >= 15 is 0 Å². The third-order valence-electron chi connectivity index (χ3n) is 3.71. The van der Waals surface area contributed by atoms with Crippen molar-refractivity contribution in [3.8, 4) is 17.0 Å². The molecule has 0 unspecified atom stereocenters. The first-order valence-electron chi connectivity index (χ1n) is 8.08. The molecule has 2 N–H and O–H groups in total. The molecule has 4 nitrogen and oxygen atoms in total. The Morgan fingerprint density at radius 2 is 1.91 bits per heavy atom. The van der Waals surface area contributed by atoms with Crippen LogP contribution >= 0.6 is 0 Å². The van der Waals surface area contributed by atoms with Gasteiger partial charge in [-0.25, -0.2) is 9.97 Å². The molecule has 23 heavy (non-hydrogen) atoms. The SMILES string of the molecule is Cc1cc(-c2ccc(OC[C@@](C)(N)CC(C)C)c(C)c2)ncn1. The highest BCUT2D eigenvalue weighted by atomic mass is 16.5. The lowest BCUT2D eigenvalue weighted by atomic mass is 9.93. The molecule has 2 aromatic rings. The second kappa shape index (κ2) is 7.09. The van der Waals surface area contributed by atoms with Crippen molar-refractivity contribution in [3.05, 3.63) is 41.9 Å². The molecule has 0 aliphatic rings. The zero-order valence-corrected chi connectivity index (χ0v) is 14.8. The van der Waals surface area contributed by atoms with Crippen LogP contribution in [-0.2, 0) is 0 Å². The molecule has 0 saturated heterocycles. The average Bonchev–Trinajstić information content (AvgIpc) is 2.44. The number of benzene rings is 1. The Balaban J connectivity index is 2.11. The zero-order chi connectivity index (χ0) is 17.0. The van der Waals surface area contributed by atoms with E-state index in [0.717, 1.165) is 34.7 Å². The normalized spacial score (nSPS) is 13.9. The number of nitrogens with zero attached hydrogens (tertiary/aromatic N) is 2. The maximum atomic E-state index is 6.31. The highest BCUT2D eigenvalue weighted by Gasteiger charge is 2.21. The largest absolute Gasteiger partial charge is 0.491 e. The van der Waals surface area contributed by atoms with Gasteiger partial charge in [0.25, 0.3) is 0 Å². The predicted octanol–water partition coefficient (Wildman–Crippen LogP) is 3.90. The molecule has 0 saturated carbocycles. The van der Waals surface area contributed by atoms with Crippen LogP contribution in [0.15, 0.2) is 30.6 Å². The summed E-state index contributed by atoms with van der Waals surface area (Å²) in [4.78, 5) is 8.46. The fourth-order valence-electron chi connectivity index (χ4n) is 2.82. The molecule has 0 aliphatic carbocycles. The Labute approximate surface area is 139 Å². The summed E-state index contributed by atoms with van der Waals surface area (Å²) in [5.74, 6) is 1.43. The summed E-state index contributed by atoms with van der Waals surface area (Å²) in [6, 6.07) is 8.09. The van der Waals surface area contributed by atoms with Crippen molar-refractivity contribution in [1.29, 1.82) is 0 Å². The van der Waals surface area contributed by atoms with E-state index in [1.54, 1.807) is 6.33 Å². The summed E-state index contributed by atoms with van der Waals surface area (Å²) in [6.07, 6.45) is 2.53. The van der Waals surface area contributed by atoms with Gasteiger partial charge in [-0.1, -0.05) is 13.8 Å². The van der Waals surface area contributed by atoms with Crippen molar-refractivity contribution < 1.29 is 4.74 Å². The second-order valence-corrected chi connectivity index (χ2v) is 7.07. The van der Waals surface area contributed by atoms with E-state index in [1.165, 1.54) is 0 Å². The Hall–Kier alpha value is -1.94. The van der Waals surface area contributed by atoms with Crippen LogP contribution in [0, 0.1) is 19.8 Å². The first kappa shape index (κ1) is 17.4. The quantitative estimate of drug-likeness (QED) is 0.878. The second-order valence-electron chi connectivity index (χ2n) is 7.07. The minimum atomic E-state index is -0.316. The molecule has 0 radical (unpaired) electrons. The molecule has 0 aliphatic heterocycles. The van der Waals surface area contributed by atoms with Crippen LogP contribution in [0.5, 0.6) is 5.75 Å². The summed E-state index contributed by atoms with van der Waals surface area (Å²) in [6.45, 7) is 10.9. The highest BCUT2D eigenvalue weighted by Crippen LogP contribution is 2.26. The topological polar surface area (TPSA) is 61.0 Å². The van der Waals surface area contributed by atoms with Crippen LogP contribution in [0.3, 0.4) is 0 Å². The van der Waals surface area contributed by atoms with E-state index in [4.69, 9.17) is 10.5 Å². The monoisotopic (exact) mass is 313 g/mol. The lowest BCUT2D eigenvalue weighted by Gasteiger charge is -2.27. The third kappa shape index (κ3) is 5.03. The summed E-state index contributed by atoms with van der Waals surface area (Å²) >= 11 is 0. The summed E-state index contributed by atoms with van der Waals surface area (Å²) in [5.41, 5.74) is 10.0. The number of aryl methyl sites for hydroxylation is 2. The van der Waals surface area contributed by atoms with Crippen LogP contribution in [-0.4, -0.2) is 22.1 Å². The lowest BCUT2D eigenvalue weighted by Crippen LogP contribution is -2.43. The van der Waals surface area contributed by atoms with Gasteiger partial charge in [0.1, 0.15) is 18.7 Å². The van der Waals surface area contributed by atoms with Gasteiger partial charge in [0.2, 0.25) is 0 Å². The van der Waals surface area contributed by atoms with Crippen molar-refractivity contribution in [2.75, 3.05) is 6.61 Å². The molecule has 2 rings (SSSR count). The molecule has 0 fully saturated rings. The molecular formula is C19H27N3O. The fraction of sp³-hybridized carbons (Fsp3) is 0.474. The summed E-state index contributed by atoms with van der Waals surface area (Å²) in [5, 5.41) is 0. The predicted molar refractivity (Wildman–Crippen MR) is 94.5 cm³/mol. The smallest absolute Gasteiger partial charge is 0.122 e. The minimum Gasteiger partial charge on any atom is -0.491 e. The minimum absolute atomic E-state index is 0.316. The van der Waals surface area contributed by atoms with E-state index in [0.29, 0.717) is 12.5 Å². The van der Waals surface area contributed by atoms with E-state index in [-0.39, 0.29) is 5.54 Å². The first-order valence-corrected chi connectivity index (χ1v) is 8.08. The molecule has 0 spiro atoms. The first-order chi connectivity index (χ1) is 10.8. The fourth-order valence-corrected chi connectivity index (χ4v) is 2.82. The highest BCUT2D eigenvalue weighted by molar-refractivity contribution is 5.61. The number of rotatable bonds is 6. The van der Waals surface area contributed by atoms with E-state index in [9.17, 15) is 0 Å². The van der Waals surface area contributed by atoms with Gasteiger partial charge >= 0.3 is 0 Å². The third-order valence-corrected chi connectivity index (χ3v) is 3.71. The van der Waals surface area contributed by atoms with Gasteiger partial charge in [0.05, 0.1) is 5.69 Å². The number of aromatic nitrogens is 2. The van der Waals surface area contributed by atoms with Gasteiger partial charge in [-0.05, 0) is 62.9 Å². The molecule has 1 aromatic carbocycles. The van der Waals surface area contributed by atoms with Crippen molar-refractivity contribution >= 4 is 0 Å². The van der Waals surface area contributed by atoms with Crippen molar-refractivity contribution in [3.63, 3.8) is 0 Å². The van der Waals surface area contributed by atoms with Crippen LogP contribution in [0.2, 0.25) is 0 Å². The van der Waals surface area contributed by atoms with Gasteiger partial charge in [0, 0.05) is 16.8 Å². The van der Waals surface area contributed by atoms with E-state index in [2.05, 4.69) is 29.9 Å². The number of hydrogen-bond donors (Lipinski definition) is 1. The van der Waals surface area contributed by atoms with Crippen molar-refractivity contribution in [2.45, 2.75) is 46.6 Å². The number of ether oxygens (including phenoxy) is 1. The lowest BCUT2D eigenvalue weighted by molar-refractivity contribution is 0.206. The summed E-state index contributed by atoms with van der Waals surface area (Å²) in [7, 11) is 0. The van der Waals surface area contributed by atoms with Gasteiger partial charge < -0.3 is 10.5 Å². The van der Waals surface area contributed by atoms with Crippen LogP contribution in [0.1, 0.15) is 38.4 Å². The Morgan fingerprint density at radius 3 is 2.52 bits per heavy atom. The van der Waals surface area contributed by atoms with Gasteiger partial charge in [-0.15, -0.1) is 0 Å². The van der Waals surface area contributed by atoms with E-state index < -0.39 is 0 Å². The standard InChI is InChI=1S/C19H27N3O/c1-13(2)10-19(5,20)11-23-18-7-6-16(8-14(18)3)17-9-15(4)21-12-22-17/h6-9,12-13H,10-11,20H2,1-5H3/t19-/m0/s1. The molecular weight excluding hydrogens is 286 g/mol. The van der Waals surface area contributed by atoms with Gasteiger partial charge in [-0.3, -0.25) is 0 Å². The Bertz CT molecular complexity index is 665. The number of nitrogens with two attached hydrogens (primary N) is 1. The molecule has 1 heterocycles. The maximum Gasteiger partial charge on any atom is 0.122 e. The molecule has 0 bridgehead atoms. The zero-order valence-electron chi connectivity index (χ0n) is 14.8. The Kier molecular flexibility index (Phi) is 5.37. The molecule has 1 atom stereocenters. The molecule has 1 aromatic heterocycles. The van der Waals surface area contributed by atoms with E-state index in [1.807, 2.05) is 39.0 Å². The molecule has 4 heteroatoms. The van der Waals surface area contributed by atoms with Crippen LogP contribution in [0.25, 0.3) is 11.3 Å². The van der Waals surface area contributed by atoms with Gasteiger partial charge in [-0.2, -0.15) is 0 Å². The van der Waals surface area contributed by atoms with Gasteiger partial charge in [0.15, 0.2) is 0 Å². The van der Waals surface area contributed by atoms with Crippen LogP contribution < -0.4 is 10.5 Å². The molecule has 0 amide bonds.